The molecular formula is C17H16F2N2O5S. The molecule has 7 nitrogen and oxygen atoms in total. The number of nitrogens with one attached hydrogen (secondary N) is 2. The van der Waals surface area contributed by atoms with Gasteiger partial charge in [0.15, 0.2) is 6.10 Å². The summed E-state index contributed by atoms with van der Waals surface area (Å²) in [4.78, 5) is 23.1. The van der Waals surface area contributed by atoms with Crippen LogP contribution in [0.4, 0.5) is 14.5 Å². The standard InChI is InChI=1S/C17H16F2N2O5S/c1-11(17(23)21-13-6-4-5-12(18)9-13)26-16(22)10-20-27(24,25)15-8-3-2-7-14(15)19/h2-9,11,20H,10H2,1H3,(H,21,23)/t11-/m0/s1. The fourth-order valence-electron chi connectivity index (χ4n) is 2.00. The molecule has 1 amide bonds. The van der Waals surface area contributed by atoms with E-state index in [4.69, 9.17) is 4.74 Å². The minimum atomic E-state index is -4.26. The van der Waals surface area contributed by atoms with Crippen LogP contribution in [0.25, 0.3) is 0 Å². The number of anilines is 1. The maximum absolute atomic E-state index is 13.5. The third-order valence-electron chi connectivity index (χ3n) is 3.30. The quantitative estimate of drug-likeness (QED) is 0.693. The molecular weight excluding hydrogens is 382 g/mol. The topological polar surface area (TPSA) is 102 Å². The lowest BCUT2D eigenvalue weighted by Crippen LogP contribution is -2.36. The Labute approximate surface area is 154 Å². The molecule has 0 spiro atoms. The van der Waals surface area contributed by atoms with Crippen molar-refractivity contribution < 1.29 is 31.5 Å². The Morgan fingerprint density at radius 3 is 2.48 bits per heavy atom. The summed E-state index contributed by atoms with van der Waals surface area (Å²) >= 11 is 0. The van der Waals surface area contributed by atoms with E-state index in [0.717, 1.165) is 18.2 Å². The van der Waals surface area contributed by atoms with E-state index < -0.39 is 51.1 Å². The first kappa shape index (κ1) is 20.5. The maximum atomic E-state index is 13.5. The smallest absolute Gasteiger partial charge is 0.321 e. The molecule has 0 heterocycles. The molecule has 0 aliphatic carbocycles. The van der Waals surface area contributed by atoms with Gasteiger partial charge >= 0.3 is 5.97 Å². The molecule has 27 heavy (non-hydrogen) atoms. The zero-order valence-corrected chi connectivity index (χ0v) is 14.9. The highest BCUT2D eigenvalue weighted by atomic mass is 32.2. The van der Waals surface area contributed by atoms with E-state index in [-0.39, 0.29) is 5.69 Å². The third kappa shape index (κ3) is 5.83. The Bertz CT molecular complexity index is 950. The van der Waals surface area contributed by atoms with Crippen LogP contribution in [0.3, 0.4) is 0 Å². The van der Waals surface area contributed by atoms with Crippen LogP contribution in [-0.2, 0) is 24.3 Å². The summed E-state index contributed by atoms with van der Waals surface area (Å²) in [6.45, 7) is 0.464. The number of hydrogen-bond acceptors (Lipinski definition) is 5. The average molecular weight is 398 g/mol. The van der Waals surface area contributed by atoms with Gasteiger partial charge in [-0.1, -0.05) is 18.2 Å². The highest BCUT2D eigenvalue weighted by Crippen LogP contribution is 2.13. The number of halogens is 2. The van der Waals surface area contributed by atoms with Gasteiger partial charge in [0.2, 0.25) is 10.0 Å². The minimum Gasteiger partial charge on any atom is -0.452 e. The predicted molar refractivity (Wildman–Crippen MR) is 92.2 cm³/mol. The van der Waals surface area contributed by atoms with Crippen LogP contribution < -0.4 is 10.0 Å². The molecule has 0 aromatic heterocycles. The number of ether oxygens (including phenoxy) is 1. The van der Waals surface area contributed by atoms with Gasteiger partial charge in [-0.25, -0.2) is 17.2 Å². The molecule has 2 aromatic rings. The normalized spacial score (nSPS) is 12.3. The van der Waals surface area contributed by atoms with Crippen molar-refractivity contribution in [3.63, 3.8) is 0 Å². The second-order valence-electron chi connectivity index (χ2n) is 5.39. The predicted octanol–water partition coefficient (Wildman–Crippen LogP) is 1.81. The van der Waals surface area contributed by atoms with Gasteiger partial charge in [0.1, 0.15) is 23.1 Å². The van der Waals surface area contributed by atoms with Crippen LogP contribution in [-0.4, -0.2) is 32.9 Å². The molecule has 2 N–H and O–H groups in total. The molecule has 0 aliphatic rings. The Hall–Kier alpha value is -2.85. The lowest BCUT2D eigenvalue weighted by molar-refractivity contribution is -0.151. The molecule has 10 heteroatoms. The van der Waals surface area contributed by atoms with Crippen molar-refractivity contribution in [2.75, 3.05) is 11.9 Å². The molecule has 144 valence electrons. The number of carbonyl (C=O) groups excluding carboxylic acids is 2. The van der Waals surface area contributed by atoms with Crippen molar-refractivity contribution >= 4 is 27.6 Å². The van der Waals surface area contributed by atoms with Crippen LogP contribution in [0.5, 0.6) is 0 Å². The molecule has 1 atom stereocenters. The minimum absolute atomic E-state index is 0.170. The van der Waals surface area contributed by atoms with Crippen LogP contribution in [0.1, 0.15) is 6.92 Å². The van der Waals surface area contributed by atoms with Gasteiger partial charge in [-0.05, 0) is 37.3 Å². The number of hydrogen-bond donors (Lipinski definition) is 2. The molecule has 0 fully saturated rings. The van der Waals surface area contributed by atoms with Crippen LogP contribution in [0.15, 0.2) is 53.4 Å². The Morgan fingerprint density at radius 1 is 1.11 bits per heavy atom. The summed E-state index contributed by atoms with van der Waals surface area (Å²) in [6.07, 6.45) is -1.27. The zero-order chi connectivity index (χ0) is 20.0. The van der Waals surface area contributed by atoms with Crippen LogP contribution in [0.2, 0.25) is 0 Å². The first-order valence-electron chi connectivity index (χ1n) is 7.69. The first-order chi connectivity index (χ1) is 12.7. The van der Waals surface area contributed by atoms with Crippen LogP contribution >= 0.6 is 0 Å². The number of sulfonamides is 1. The van der Waals surface area contributed by atoms with E-state index in [9.17, 15) is 26.8 Å². The Balaban J connectivity index is 1.89. The lowest BCUT2D eigenvalue weighted by atomic mass is 10.3. The van der Waals surface area contributed by atoms with E-state index in [1.165, 1.54) is 37.3 Å². The van der Waals surface area contributed by atoms with E-state index in [1.807, 2.05) is 4.72 Å². The van der Waals surface area contributed by atoms with Crippen molar-refractivity contribution in [2.45, 2.75) is 17.9 Å². The van der Waals surface area contributed by atoms with Crippen LogP contribution in [0, 0.1) is 11.6 Å². The number of amides is 1. The van der Waals surface area contributed by atoms with Crippen molar-refractivity contribution in [3.05, 3.63) is 60.2 Å². The number of carbonyl (C=O) groups is 2. The van der Waals surface area contributed by atoms with E-state index in [2.05, 4.69) is 5.32 Å². The Kier molecular flexibility index (Phi) is 6.59. The average Bonchev–Trinajstić information content (AvgIpc) is 2.60. The van der Waals surface area contributed by atoms with Crippen molar-refractivity contribution in [2.24, 2.45) is 0 Å². The van der Waals surface area contributed by atoms with Gasteiger partial charge in [-0.2, -0.15) is 4.72 Å². The highest BCUT2D eigenvalue weighted by Gasteiger charge is 2.22. The number of rotatable bonds is 7. The lowest BCUT2D eigenvalue weighted by Gasteiger charge is -2.14. The SMILES string of the molecule is C[C@H](OC(=O)CNS(=O)(=O)c1ccccc1F)C(=O)Nc1cccc(F)c1. The van der Waals surface area contributed by atoms with E-state index in [0.29, 0.717) is 0 Å². The second-order valence-corrected chi connectivity index (χ2v) is 7.12. The molecule has 2 aromatic carbocycles. The molecule has 0 aliphatic heterocycles. The molecule has 2 rings (SSSR count). The molecule has 0 saturated carbocycles. The van der Waals surface area contributed by atoms with E-state index in [1.54, 1.807) is 0 Å². The molecule has 0 unspecified atom stereocenters. The van der Waals surface area contributed by atoms with Gasteiger partial charge in [-0.3, -0.25) is 9.59 Å². The fraction of sp³-hybridized carbons (Fsp3) is 0.176. The summed E-state index contributed by atoms with van der Waals surface area (Å²) in [5, 5.41) is 2.35. The summed E-state index contributed by atoms with van der Waals surface area (Å²) in [6, 6.07) is 9.76. The third-order valence-corrected chi connectivity index (χ3v) is 4.74. The van der Waals surface area contributed by atoms with Gasteiger partial charge in [0.25, 0.3) is 5.91 Å². The van der Waals surface area contributed by atoms with Crippen molar-refractivity contribution in [3.8, 4) is 0 Å². The van der Waals surface area contributed by atoms with Crippen molar-refractivity contribution in [1.82, 2.24) is 4.72 Å². The zero-order valence-electron chi connectivity index (χ0n) is 14.1. The van der Waals surface area contributed by atoms with Crippen molar-refractivity contribution in [1.29, 1.82) is 0 Å². The second kappa shape index (κ2) is 8.69. The summed E-state index contributed by atoms with van der Waals surface area (Å²) in [5.74, 6) is -3.30. The largest absolute Gasteiger partial charge is 0.452 e. The highest BCUT2D eigenvalue weighted by molar-refractivity contribution is 7.89. The maximum Gasteiger partial charge on any atom is 0.321 e. The molecule has 0 saturated heterocycles. The van der Waals surface area contributed by atoms with Gasteiger partial charge in [-0.15, -0.1) is 0 Å². The number of esters is 1. The van der Waals surface area contributed by atoms with E-state index >= 15 is 0 Å². The molecule has 0 bridgehead atoms. The monoisotopic (exact) mass is 398 g/mol. The molecule has 0 radical (unpaired) electrons. The fourth-order valence-corrected chi connectivity index (χ4v) is 3.04. The number of benzene rings is 2. The van der Waals surface area contributed by atoms with Gasteiger partial charge in [0.05, 0.1) is 0 Å². The Morgan fingerprint density at radius 2 is 1.81 bits per heavy atom. The summed E-state index contributed by atoms with van der Waals surface area (Å²) in [7, 11) is -4.26. The summed E-state index contributed by atoms with van der Waals surface area (Å²) < 4.78 is 57.3. The van der Waals surface area contributed by atoms with Gasteiger partial charge in [0, 0.05) is 5.69 Å². The first-order valence-corrected chi connectivity index (χ1v) is 9.17. The van der Waals surface area contributed by atoms with Gasteiger partial charge < -0.3 is 10.1 Å². The summed E-state index contributed by atoms with van der Waals surface area (Å²) in [5.41, 5.74) is 0.170.